The highest BCUT2D eigenvalue weighted by Crippen LogP contribution is 2.19. The molecule has 3 heteroatoms. The SMILES string of the molecule is CN(CCCCC#N)C1CCC(=O)CC1. The lowest BCUT2D eigenvalue weighted by Gasteiger charge is -2.30. The first-order valence-electron chi connectivity index (χ1n) is 5.83. The molecule has 0 aliphatic heterocycles. The highest BCUT2D eigenvalue weighted by atomic mass is 16.1. The molecule has 0 aromatic rings. The van der Waals surface area contributed by atoms with Gasteiger partial charge in [0, 0.05) is 25.3 Å². The van der Waals surface area contributed by atoms with Crippen LogP contribution in [-0.2, 0) is 4.79 Å². The molecule has 0 radical (unpaired) electrons. The van der Waals surface area contributed by atoms with Crippen LogP contribution in [0.25, 0.3) is 0 Å². The van der Waals surface area contributed by atoms with E-state index in [1.165, 1.54) is 0 Å². The number of ketones is 1. The lowest BCUT2D eigenvalue weighted by Crippen LogP contribution is -2.35. The summed E-state index contributed by atoms with van der Waals surface area (Å²) in [6.07, 6.45) is 6.31. The third kappa shape index (κ3) is 4.44. The van der Waals surface area contributed by atoms with Crippen molar-refractivity contribution in [2.24, 2.45) is 0 Å². The Hall–Kier alpha value is -0.880. The molecule has 1 rings (SSSR count). The number of hydrogen-bond donors (Lipinski definition) is 0. The zero-order valence-electron chi connectivity index (χ0n) is 9.54. The Bertz CT molecular complexity index is 234. The van der Waals surface area contributed by atoms with Crippen LogP contribution in [0.5, 0.6) is 0 Å². The van der Waals surface area contributed by atoms with Crippen LogP contribution in [0.15, 0.2) is 0 Å². The molecule has 0 spiro atoms. The topological polar surface area (TPSA) is 44.1 Å². The van der Waals surface area contributed by atoms with Crippen molar-refractivity contribution in [3.8, 4) is 6.07 Å². The number of carbonyl (C=O) groups excluding carboxylic acids is 1. The molecule has 3 nitrogen and oxygen atoms in total. The van der Waals surface area contributed by atoms with Gasteiger partial charge >= 0.3 is 0 Å². The summed E-state index contributed by atoms with van der Waals surface area (Å²) < 4.78 is 0. The third-order valence-corrected chi connectivity index (χ3v) is 3.19. The van der Waals surface area contributed by atoms with E-state index in [1.807, 2.05) is 0 Å². The van der Waals surface area contributed by atoms with Gasteiger partial charge in [0.05, 0.1) is 6.07 Å². The van der Waals surface area contributed by atoms with Crippen LogP contribution >= 0.6 is 0 Å². The van der Waals surface area contributed by atoms with Gasteiger partial charge in [0.2, 0.25) is 0 Å². The van der Waals surface area contributed by atoms with E-state index < -0.39 is 0 Å². The maximum Gasteiger partial charge on any atom is 0.133 e. The van der Waals surface area contributed by atoms with Crippen molar-refractivity contribution in [2.75, 3.05) is 13.6 Å². The molecule has 0 aromatic heterocycles. The molecule has 0 unspecified atom stereocenters. The van der Waals surface area contributed by atoms with Gasteiger partial charge in [-0.2, -0.15) is 5.26 Å². The molecular formula is C12H20N2O. The number of Topliss-reactive ketones (excluding diaryl/α,β-unsaturated/α-hetero) is 1. The highest BCUT2D eigenvalue weighted by Gasteiger charge is 2.21. The van der Waals surface area contributed by atoms with Gasteiger partial charge < -0.3 is 4.90 Å². The molecule has 0 amide bonds. The van der Waals surface area contributed by atoms with E-state index in [4.69, 9.17) is 5.26 Å². The summed E-state index contributed by atoms with van der Waals surface area (Å²) in [5, 5.41) is 8.41. The summed E-state index contributed by atoms with van der Waals surface area (Å²) in [7, 11) is 2.13. The third-order valence-electron chi connectivity index (χ3n) is 3.19. The van der Waals surface area contributed by atoms with Crippen molar-refractivity contribution in [2.45, 2.75) is 51.0 Å². The van der Waals surface area contributed by atoms with Crippen molar-refractivity contribution in [3.63, 3.8) is 0 Å². The predicted molar refractivity (Wildman–Crippen MR) is 59.4 cm³/mol. The van der Waals surface area contributed by atoms with Crippen LogP contribution in [-0.4, -0.2) is 30.3 Å². The molecule has 0 N–H and O–H groups in total. The number of unbranched alkanes of at least 4 members (excludes halogenated alkanes) is 2. The molecule has 0 aromatic carbocycles. The van der Waals surface area contributed by atoms with Gasteiger partial charge in [-0.05, 0) is 39.3 Å². The fourth-order valence-corrected chi connectivity index (χ4v) is 2.11. The average Bonchev–Trinajstić information content (AvgIpc) is 2.25. The van der Waals surface area contributed by atoms with Crippen molar-refractivity contribution >= 4 is 5.78 Å². The van der Waals surface area contributed by atoms with E-state index >= 15 is 0 Å². The van der Waals surface area contributed by atoms with Crippen molar-refractivity contribution in [3.05, 3.63) is 0 Å². The quantitative estimate of drug-likeness (QED) is 0.650. The van der Waals surface area contributed by atoms with E-state index in [0.29, 0.717) is 18.2 Å². The molecule has 84 valence electrons. The number of hydrogen-bond acceptors (Lipinski definition) is 3. The Kier molecular flexibility index (Phi) is 5.34. The summed E-state index contributed by atoms with van der Waals surface area (Å²) in [5.41, 5.74) is 0. The monoisotopic (exact) mass is 208 g/mol. The summed E-state index contributed by atoms with van der Waals surface area (Å²) >= 11 is 0. The van der Waals surface area contributed by atoms with Gasteiger partial charge in [-0.3, -0.25) is 4.79 Å². The maximum atomic E-state index is 11.1. The maximum absolute atomic E-state index is 11.1. The van der Waals surface area contributed by atoms with E-state index in [2.05, 4.69) is 18.0 Å². The zero-order chi connectivity index (χ0) is 11.1. The minimum Gasteiger partial charge on any atom is -0.303 e. The lowest BCUT2D eigenvalue weighted by molar-refractivity contribution is -0.121. The summed E-state index contributed by atoms with van der Waals surface area (Å²) in [6.45, 7) is 1.06. The van der Waals surface area contributed by atoms with Crippen LogP contribution < -0.4 is 0 Å². The first-order chi connectivity index (χ1) is 7.24. The Morgan fingerprint density at radius 1 is 1.40 bits per heavy atom. The Morgan fingerprint density at radius 2 is 2.07 bits per heavy atom. The fraction of sp³-hybridized carbons (Fsp3) is 0.833. The van der Waals surface area contributed by atoms with Gasteiger partial charge in [-0.15, -0.1) is 0 Å². The van der Waals surface area contributed by atoms with Crippen molar-refractivity contribution < 1.29 is 4.79 Å². The number of carbonyl (C=O) groups is 1. The summed E-state index contributed by atoms with van der Waals surface area (Å²) in [6, 6.07) is 2.75. The number of rotatable bonds is 5. The standard InChI is InChI=1S/C12H20N2O/c1-14(10-4-2-3-9-13)11-5-7-12(15)8-6-11/h11H,2-8,10H2,1H3. The zero-order valence-corrected chi connectivity index (χ0v) is 9.54. The number of nitrogens with zero attached hydrogens (tertiary/aromatic N) is 2. The Morgan fingerprint density at radius 3 is 2.67 bits per heavy atom. The summed E-state index contributed by atoms with van der Waals surface area (Å²) in [4.78, 5) is 13.4. The molecule has 15 heavy (non-hydrogen) atoms. The van der Waals surface area contributed by atoms with Gasteiger partial charge in [0.1, 0.15) is 5.78 Å². The second-order valence-corrected chi connectivity index (χ2v) is 4.37. The summed E-state index contributed by atoms with van der Waals surface area (Å²) in [5.74, 6) is 0.420. The van der Waals surface area contributed by atoms with Crippen LogP contribution in [0.3, 0.4) is 0 Å². The molecule has 1 aliphatic rings. The molecule has 0 saturated heterocycles. The van der Waals surface area contributed by atoms with Gasteiger partial charge in [-0.1, -0.05) is 0 Å². The molecule has 1 fully saturated rings. The lowest BCUT2D eigenvalue weighted by atomic mass is 9.93. The molecule has 1 aliphatic carbocycles. The normalized spacial score (nSPS) is 18.1. The Balaban J connectivity index is 2.14. The van der Waals surface area contributed by atoms with Crippen LogP contribution in [0, 0.1) is 11.3 Å². The molecule has 0 atom stereocenters. The Labute approximate surface area is 92.1 Å². The van der Waals surface area contributed by atoms with E-state index in [9.17, 15) is 4.79 Å². The largest absolute Gasteiger partial charge is 0.303 e. The van der Waals surface area contributed by atoms with E-state index in [-0.39, 0.29) is 0 Å². The van der Waals surface area contributed by atoms with Crippen LogP contribution in [0.4, 0.5) is 0 Å². The predicted octanol–water partition coefficient (Wildman–Crippen LogP) is 2.12. The second kappa shape index (κ2) is 6.58. The first-order valence-corrected chi connectivity index (χ1v) is 5.83. The second-order valence-electron chi connectivity index (χ2n) is 4.37. The van der Waals surface area contributed by atoms with Crippen LogP contribution in [0.2, 0.25) is 0 Å². The molecular weight excluding hydrogens is 188 g/mol. The first kappa shape index (κ1) is 12.2. The van der Waals surface area contributed by atoms with Crippen molar-refractivity contribution in [1.82, 2.24) is 4.90 Å². The molecule has 0 heterocycles. The van der Waals surface area contributed by atoms with Gasteiger partial charge in [0.25, 0.3) is 0 Å². The minimum atomic E-state index is 0.420. The van der Waals surface area contributed by atoms with Gasteiger partial charge in [-0.25, -0.2) is 0 Å². The highest BCUT2D eigenvalue weighted by molar-refractivity contribution is 5.79. The average molecular weight is 208 g/mol. The number of nitriles is 1. The van der Waals surface area contributed by atoms with Gasteiger partial charge in [0.15, 0.2) is 0 Å². The van der Waals surface area contributed by atoms with Crippen LogP contribution in [0.1, 0.15) is 44.9 Å². The van der Waals surface area contributed by atoms with E-state index in [0.717, 1.165) is 45.1 Å². The smallest absolute Gasteiger partial charge is 0.133 e. The van der Waals surface area contributed by atoms with E-state index in [1.54, 1.807) is 0 Å². The minimum absolute atomic E-state index is 0.420. The molecule has 0 bridgehead atoms. The van der Waals surface area contributed by atoms with Crippen molar-refractivity contribution in [1.29, 1.82) is 5.26 Å². The molecule has 1 saturated carbocycles. The fourth-order valence-electron chi connectivity index (χ4n) is 2.11.